The minimum absolute atomic E-state index is 0.161. The van der Waals surface area contributed by atoms with E-state index < -0.39 is 0 Å². The van der Waals surface area contributed by atoms with Gasteiger partial charge in [0.05, 0.1) is 11.4 Å². The van der Waals surface area contributed by atoms with Gasteiger partial charge in [-0.2, -0.15) is 0 Å². The van der Waals surface area contributed by atoms with Gasteiger partial charge in [0.15, 0.2) is 0 Å². The van der Waals surface area contributed by atoms with Crippen LogP contribution in [0.2, 0.25) is 0 Å². The fourth-order valence-electron chi connectivity index (χ4n) is 3.67. The zero-order chi connectivity index (χ0) is 20.0. The van der Waals surface area contributed by atoms with E-state index in [1.807, 2.05) is 48.5 Å². The Morgan fingerprint density at radius 1 is 0.690 bits per heavy atom. The molecule has 0 N–H and O–H groups in total. The Bertz CT molecular complexity index is 1330. The van der Waals surface area contributed by atoms with Crippen LogP contribution >= 0.6 is 0 Å². The quantitative estimate of drug-likeness (QED) is 0.332. The highest BCUT2D eigenvalue weighted by atomic mass is 16.3. The van der Waals surface area contributed by atoms with Crippen molar-refractivity contribution in [1.29, 1.82) is 0 Å². The molecular weight excluding hydrogens is 356 g/mol. The number of fused-ring (bicyclic) bond motifs is 3. The summed E-state index contributed by atoms with van der Waals surface area (Å²) in [5, 5.41) is 2.20. The topological polar surface area (TPSA) is 38.9 Å². The van der Waals surface area contributed by atoms with Gasteiger partial charge in [-0.1, -0.05) is 81.4 Å². The number of benzene rings is 3. The van der Waals surface area contributed by atoms with Crippen molar-refractivity contribution in [2.45, 2.75) is 26.2 Å². The smallest absolute Gasteiger partial charge is 0.136 e. The number of furan rings is 1. The molecule has 0 radical (unpaired) electrons. The average Bonchev–Trinajstić information content (AvgIpc) is 3.12. The van der Waals surface area contributed by atoms with Crippen LogP contribution in [-0.4, -0.2) is 9.97 Å². The van der Waals surface area contributed by atoms with Crippen molar-refractivity contribution < 1.29 is 4.42 Å². The number of nitrogens with zero attached hydrogens (tertiary/aromatic N) is 2. The standard InChI is InChI=1S/C26H22N2O/c1-26(2,3)25-27-20(17-10-5-4-6-11-17)16-21(28-25)18-13-9-15-23-24(18)19-12-7-8-14-22(19)29-23/h4-16H,1-3H3. The summed E-state index contributed by atoms with van der Waals surface area (Å²) < 4.78 is 6.08. The molecule has 0 aliphatic heterocycles. The molecule has 0 saturated heterocycles. The van der Waals surface area contributed by atoms with Gasteiger partial charge in [0.25, 0.3) is 0 Å². The number of para-hydroxylation sites is 1. The molecule has 2 heterocycles. The van der Waals surface area contributed by atoms with Crippen LogP contribution < -0.4 is 0 Å². The molecule has 0 saturated carbocycles. The molecule has 0 spiro atoms. The van der Waals surface area contributed by atoms with Crippen LogP contribution in [0.3, 0.4) is 0 Å². The van der Waals surface area contributed by atoms with Crippen molar-refractivity contribution in [2.75, 3.05) is 0 Å². The molecular formula is C26H22N2O. The zero-order valence-electron chi connectivity index (χ0n) is 16.8. The summed E-state index contributed by atoms with van der Waals surface area (Å²) >= 11 is 0. The van der Waals surface area contributed by atoms with Crippen LogP contribution in [0.4, 0.5) is 0 Å². The van der Waals surface area contributed by atoms with Crippen LogP contribution in [-0.2, 0) is 5.41 Å². The summed E-state index contributed by atoms with van der Waals surface area (Å²) in [5.74, 6) is 0.832. The highest BCUT2D eigenvalue weighted by Gasteiger charge is 2.21. The predicted octanol–water partition coefficient (Wildman–Crippen LogP) is 7.01. The summed E-state index contributed by atoms with van der Waals surface area (Å²) in [6.45, 7) is 6.44. The van der Waals surface area contributed by atoms with Crippen LogP contribution in [0, 0.1) is 0 Å². The minimum Gasteiger partial charge on any atom is -0.456 e. The lowest BCUT2D eigenvalue weighted by atomic mass is 9.94. The monoisotopic (exact) mass is 378 g/mol. The summed E-state index contributed by atoms with van der Waals surface area (Å²) in [5.41, 5.74) is 5.62. The molecule has 0 fully saturated rings. The Kier molecular flexibility index (Phi) is 3.99. The van der Waals surface area contributed by atoms with Crippen LogP contribution in [0.15, 0.2) is 83.3 Å². The van der Waals surface area contributed by atoms with Crippen molar-refractivity contribution in [3.63, 3.8) is 0 Å². The van der Waals surface area contributed by atoms with Crippen molar-refractivity contribution in [2.24, 2.45) is 0 Å². The zero-order valence-corrected chi connectivity index (χ0v) is 16.8. The van der Waals surface area contributed by atoms with E-state index in [0.29, 0.717) is 0 Å². The van der Waals surface area contributed by atoms with Crippen molar-refractivity contribution in [1.82, 2.24) is 9.97 Å². The number of hydrogen-bond donors (Lipinski definition) is 0. The number of aromatic nitrogens is 2. The van der Waals surface area contributed by atoms with Crippen molar-refractivity contribution in [3.05, 3.63) is 84.7 Å². The molecule has 0 aliphatic carbocycles. The number of hydrogen-bond acceptors (Lipinski definition) is 3. The molecule has 3 heteroatoms. The second-order valence-corrected chi connectivity index (χ2v) is 8.35. The Balaban J connectivity index is 1.82. The lowest BCUT2D eigenvalue weighted by Gasteiger charge is -2.19. The lowest BCUT2D eigenvalue weighted by molar-refractivity contribution is 0.547. The van der Waals surface area contributed by atoms with E-state index in [0.717, 1.165) is 50.3 Å². The molecule has 2 aromatic heterocycles. The van der Waals surface area contributed by atoms with E-state index in [2.05, 4.69) is 51.1 Å². The third-order valence-corrected chi connectivity index (χ3v) is 5.15. The Hall–Kier alpha value is -3.46. The SMILES string of the molecule is CC(C)(C)c1nc(-c2ccccc2)cc(-c2cccc3oc4ccccc4c23)n1. The van der Waals surface area contributed by atoms with Gasteiger partial charge in [-0.3, -0.25) is 0 Å². The maximum absolute atomic E-state index is 6.08. The lowest BCUT2D eigenvalue weighted by Crippen LogP contribution is -2.17. The van der Waals surface area contributed by atoms with Crippen molar-refractivity contribution >= 4 is 21.9 Å². The molecule has 0 bridgehead atoms. The molecule has 29 heavy (non-hydrogen) atoms. The first-order chi connectivity index (χ1) is 14.0. The molecule has 3 aromatic carbocycles. The Morgan fingerprint density at radius 2 is 1.38 bits per heavy atom. The molecule has 3 nitrogen and oxygen atoms in total. The fraction of sp³-hybridized carbons (Fsp3) is 0.154. The maximum Gasteiger partial charge on any atom is 0.136 e. The highest BCUT2D eigenvalue weighted by molar-refractivity contribution is 6.12. The highest BCUT2D eigenvalue weighted by Crippen LogP contribution is 2.37. The van der Waals surface area contributed by atoms with E-state index in [4.69, 9.17) is 14.4 Å². The third kappa shape index (κ3) is 3.09. The average molecular weight is 378 g/mol. The third-order valence-electron chi connectivity index (χ3n) is 5.15. The van der Waals surface area contributed by atoms with Crippen LogP contribution in [0.5, 0.6) is 0 Å². The van der Waals surface area contributed by atoms with Gasteiger partial charge in [-0.15, -0.1) is 0 Å². The second kappa shape index (κ2) is 6.56. The molecule has 142 valence electrons. The first-order valence-electron chi connectivity index (χ1n) is 9.86. The van der Waals surface area contributed by atoms with E-state index in [9.17, 15) is 0 Å². The molecule has 5 aromatic rings. The second-order valence-electron chi connectivity index (χ2n) is 8.35. The van der Waals surface area contributed by atoms with E-state index in [-0.39, 0.29) is 5.41 Å². The van der Waals surface area contributed by atoms with Crippen molar-refractivity contribution in [3.8, 4) is 22.5 Å². The van der Waals surface area contributed by atoms with Crippen LogP contribution in [0.25, 0.3) is 44.5 Å². The Labute approximate surface area is 170 Å². The first-order valence-corrected chi connectivity index (χ1v) is 9.86. The normalized spacial score (nSPS) is 12.0. The molecule has 0 atom stereocenters. The van der Waals surface area contributed by atoms with E-state index in [1.54, 1.807) is 0 Å². The Morgan fingerprint density at radius 3 is 2.17 bits per heavy atom. The first kappa shape index (κ1) is 17.6. The fourth-order valence-corrected chi connectivity index (χ4v) is 3.67. The molecule has 0 unspecified atom stereocenters. The van der Waals surface area contributed by atoms with E-state index in [1.165, 1.54) is 0 Å². The van der Waals surface area contributed by atoms with Gasteiger partial charge in [-0.05, 0) is 18.2 Å². The van der Waals surface area contributed by atoms with Gasteiger partial charge >= 0.3 is 0 Å². The number of rotatable bonds is 2. The van der Waals surface area contributed by atoms with Gasteiger partial charge in [0.1, 0.15) is 17.0 Å². The van der Waals surface area contributed by atoms with Crippen LogP contribution in [0.1, 0.15) is 26.6 Å². The summed E-state index contributed by atoms with van der Waals surface area (Å²) in [7, 11) is 0. The summed E-state index contributed by atoms with van der Waals surface area (Å²) in [6.07, 6.45) is 0. The minimum atomic E-state index is -0.161. The van der Waals surface area contributed by atoms with E-state index >= 15 is 0 Å². The van der Waals surface area contributed by atoms with Gasteiger partial charge in [0.2, 0.25) is 0 Å². The maximum atomic E-state index is 6.08. The van der Waals surface area contributed by atoms with Gasteiger partial charge < -0.3 is 4.42 Å². The summed E-state index contributed by atoms with van der Waals surface area (Å²) in [6, 6.07) is 26.7. The van der Waals surface area contributed by atoms with Gasteiger partial charge in [-0.25, -0.2) is 9.97 Å². The predicted molar refractivity (Wildman–Crippen MR) is 119 cm³/mol. The van der Waals surface area contributed by atoms with Gasteiger partial charge in [0, 0.05) is 27.3 Å². The molecule has 0 aliphatic rings. The molecule has 5 rings (SSSR count). The summed E-state index contributed by atoms with van der Waals surface area (Å²) in [4.78, 5) is 9.88. The largest absolute Gasteiger partial charge is 0.456 e. The molecule has 0 amide bonds.